The molecular weight excluding hydrogens is 510 g/mol. The van der Waals surface area contributed by atoms with E-state index in [9.17, 15) is 25.0 Å². The number of aromatic nitrogens is 2. The van der Waals surface area contributed by atoms with Gasteiger partial charge in [0.1, 0.15) is 23.4 Å². The van der Waals surface area contributed by atoms with Gasteiger partial charge in [-0.25, -0.2) is 4.98 Å². The van der Waals surface area contributed by atoms with Crippen molar-refractivity contribution in [1.82, 2.24) is 14.9 Å². The summed E-state index contributed by atoms with van der Waals surface area (Å²) < 4.78 is 5.85. The molecule has 1 aromatic carbocycles. The van der Waals surface area contributed by atoms with Gasteiger partial charge in [0.2, 0.25) is 17.5 Å². The molecule has 0 bridgehead atoms. The quantitative estimate of drug-likeness (QED) is 0.174. The van der Waals surface area contributed by atoms with E-state index in [1.165, 1.54) is 12.1 Å². The van der Waals surface area contributed by atoms with Gasteiger partial charge in [-0.1, -0.05) is 24.1 Å². The topological polar surface area (TPSA) is 139 Å². The van der Waals surface area contributed by atoms with Gasteiger partial charge in [0, 0.05) is 18.2 Å². The zero-order valence-corrected chi connectivity index (χ0v) is 21.9. The van der Waals surface area contributed by atoms with Gasteiger partial charge in [-0.05, 0) is 69.7 Å². The molecule has 3 unspecified atom stereocenters. The summed E-state index contributed by atoms with van der Waals surface area (Å²) in [4.78, 5) is 49.4. The average Bonchev–Trinajstić information content (AvgIpc) is 3.32. The molecule has 1 spiro atoms. The number of ketones is 2. The van der Waals surface area contributed by atoms with E-state index in [2.05, 4.69) is 14.9 Å². The van der Waals surface area contributed by atoms with E-state index < -0.39 is 22.0 Å². The Hall–Kier alpha value is -3.42. The van der Waals surface area contributed by atoms with Crippen molar-refractivity contribution >= 4 is 28.9 Å². The summed E-state index contributed by atoms with van der Waals surface area (Å²) in [6.45, 7) is 1.39. The molecule has 0 N–H and O–H groups in total. The van der Waals surface area contributed by atoms with Gasteiger partial charge in [0.05, 0.1) is 16.3 Å². The lowest BCUT2D eigenvalue weighted by Gasteiger charge is -2.43. The number of likely N-dealkylation sites (N-methyl/N-ethyl adjacent to an activating group) is 1. The average molecular weight is 538 g/mol. The van der Waals surface area contributed by atoms with Crippen molar-refractivity contribution in [3.05, 3.63) is 56.0 Å². The molecule has 1 saturated heterocycles. The molecule has 1 aliphatic heterocycles. The van der Waals surface area contributed by atoms with Crippen LogP contribution in [0.4, 0.5) is 5.69 Å². The molecule has 38 heavy (non-hydrogen) atoms. The summed E-state index contributed by atoms with van der Waals surface area (Å²) in [6.07, 6.45) is 5.11. The van der Waals surface area contributed by atoms with E-state index in [0.29, 0.717) is 50.7 Å². The Morgan fingerprint density at radius 2 is 2.08 bits per heavy atom. The number of hydrogen-bond donors (Lipinski definition) is 0. The van der Waals surface area contributed by atoms with E-state index >= 15 is 0 Å². The summed E-state index contributed by atoms with van der Waals surface area (Å²) in [5.74, 6) is -1.91. The van der Waals surface area contributed by atoms with Crippen molar-refractivity contribution in [3.63, 3.8) is 0 Å². The Bertz CT molecular complexity index is 1360. The maximum Gasteiger partial charge on any atom is 0.287 e. The number of aryl methyl sites for hydroxylation is 1. The molecule has 2 aliphatic carbocycles. The first-order chi connectivity index (χ1) is 18.2. The number of carbonyl (C=O) groups excluding carboxylic acids is 2. The summed E-state index contributed by atoms with van der Waals surface area (Å²) in [6, 6.07) is 6.65. The minimum absolute atomic E-state index is 0.0431. The van der Waals surface area contributed by atoms with E-state index in [1.807, 2.05) is 13.1 Å². The van der Waals surface area contributed by atoms with Gasteiger partial charge in [0.25, 0.3) is 5.69 Å². The van der Waals surface area contributed by atoms with Crippen LogP contribution in [-0.2, 0) is 16.6 Å². The molecule has 198 valence electrons. The van der Waals surface area contributed by atoms with Gasteiger partial charge < -0.3 is 9.64 Å². The van der Waals surface area contributed by atoms with E-state index in [0.717, 1.165) is 24.9 Å². The lowest BCUT2D eigenvalue weighted by molar-refractivity contribution is -0.385. The van der Waals surface area contributed by atoms with Crippen molar-refractivity contribution in [2.75, 3.05) is 20.2 Å². The van der Waals surface area contributed by atoms with Gasteiger partial charge in [-0.15, -0.1) is 0 Å². The first-order valence-electron chi connectivity index (χ1n) is 12.9. The zero-order chi connectivity index (χ0) is 27.0. The first kappa shape index (κ1) is 26.2. The summed E-state index contributed by atoms with van der Waals surface area (Å²) in [5.41, 5.74) is -0.359. The highest BCUT2D eigenvalue weighted by molar-refractivity contribution is 6.29. The molecule has 3 aliphatic rings. The fraction of sp³-hybridized carbons (Fsp3) is 0.519. The number of likely N-dealkylation sites (tertiary alicyclic amines) is 1. The van der Waals surface area contributed by atoms with Crippen molar-refractivity contribution in [2.45, 2.75) is 62.8 Å². The van der Waals surface area contributed by atoms with Crippen molar-refractivity contribution < 1.29 is 19.2 Å². The second kappa shape index (κ2) is 10.4. The molecule has 0 amide bonds. The molecule has 2 fully saturated rings. The summed E-state index contributed by atoms with van der Waals surface area (Å²) in [5, 5.41) is 21.6. The number of nitrogens with zero attached hydrogens (tertiary/aromatic N) is 5. The standard InChI is InChI=1S/C27H28ClN5O5/c1-32-12-4-6-17(32)15-38-22-13-21(28)30-26(31-22)24(34)18-7-3-11-27(25(18)35)10-2-5-16-8-9-20(33(36)37)19(14-29)23(16)27/h8-9,13,17-18H,2-7,10-12,15H2,1H3. The van der Waals surface area contributed by atoms with Crippen molar-refractivity contribution in [3.8, 4) is 11.9 Å². The number of nitriles is 1. The summed E-state index contributed by atoms with van der Waals surface area (Å²) in [7, 11) is 2.03. The second-order valence-corrected chi connectivity index (χ2v) is 10.8. The number of halogens is 1. The maximum absolute atomic E-state index is 14.1. The molecule has 5 rings (SSSR count). The minimum atomic E-state index is -1.13. The van der Waals surface area contributed by atoms with Crippen LogP contribution in [0.3, 0.4) is 0 Å². The number of hydrogen-bond acceptors (Lipinski definition) is 9. The van der Waals surface area contributed by atoms with Gasteiger partial charge in [0.15, 0.2) is 5.78 Å². The fourth-order valence-electron chi connectivity index (χ4n) is 6.41. The highest BCUT2D eigenvalue weighted by Gasteiger charge is 2.52. The third-order valence-corrected chi connectivity index (χ3v) is 8.49. The lowest BCUT2D eigenvalue weighted by Crippen LogP contribution is -2.48. The van der Waals surface area contributed by atoms with Crippen LogP contribution in [-0.4, -0.2) is 57.6 Å². The second-order valence-electron chi connectivity index (χ2n) is 10.4. The smallest absolute Gasteiger partial charge is 0.287 e. The highest BCUT2D eigenvalue weighted by atomic mass is 35.5. The Labute approximate surface area is 225 Å². The third kappa shape index (κ3) is 4.54. The zero-order valence-electron chi connectivity index (χ0n) is 21.1. The van der Waals surface area contributed by atoms with Crippen LogP contribution in [0.1, 0.15) is 72.3 Å². The van der Waals surface area contributed by atoms with Crippen LogP contribution in [0.2, 0.25) is 5.15 Å². The van der Waals surface area contributed by atoms with Gasteiger partial charge in [-0.3, -0.25) is 19.7 Å². The molecule has 11 heteroatoms. The van der Waals surface area contributed by atoms with Gasteiger partial charge in [-0.2, -0.15) is 10.2 Å². The van der Waals surface area contributed by atoms with Crippen LogP contribution < -0.4 is 4.74 Å². The molecule has 2 aromatic rings. The van der Waals surface area contributed by atoms with Gasteiger partial charge >= 0.3 is 0 Å². The molecule has 0 radical (unpaired) electrons. The van der Waals surface area contributed by atoms with E-state index in [1.54, 1.807) is 6.07 Å². The highest BCUT2D eigenvalue weighted by Crippen LogP contribution is 2.50. The number of nitro benzene ring substituents is 1. The van der Waals surface area contributed by atoms with Crippen LogP contribution in [0, 0.1) is 27.4 Å². The minimum Gasteiger partial charge on any atom is -0.476 e. The predicted octanol–water partition coefficient (Wildman–Crippen LogP) is 4.21. The number of nitro groups is 1. The van der Waals surface area contributed by atoms with Crippen LogP contribution in [0.15, 0.2) is 18.2 Å². The third-order valence-electron chi connectivity index (χ3n) is 8.29. The first-order valence-corrected chi connectivity index (χ1v) is 13.3. The largest absolute Gasteiger partial charge is 0.476 e. The van der Waals surface area contributed by atoms with Crippen molar-refractivity contribution in [1.29, 1.82) is 5.26 Å². The molecule has 3 atom stereocenters. The van der Waals surface area contributed by atoms with Crippen LogP contribution in [0.5, 0.6) is 5.88 Å². The number of fused-ring (bicyclic) bond motifs is 2. The SMILES string of the molecule is CN1CCCC1COc1cc(Cl)nc(C(=O)C2CCCC3(CCCc4ccc([N+](=O)[O-])c(C#N)c43)C2=O)n1. The Kier molecular flexibility index (Phi) is 7.16. The fourth-order valence-corrected chi connectivity index (χ4v) is 6.58. The number of benzene rings is 1. The summed E-state index contributed by atoms with van der Waals surface area (Å²) >= 11 is 6.21. The maximum atomic E-state index is 14.1. The van der Waals surface area contributed by atoms with Crippen LogP contribution >= 0.6 is 11.6 Å². The molecule has 2 heterocycles. The normalized spacial score (nSPS) is 25.1. The van der Waals surface area contributed by atoms with Crippen molar-refractivity contribution in [2.24, 2.45) is 5.92 Å². The Morgan fingerprint density at radius 3 is 2.79 bits per heavy atom. The molecule has 10 nitrogen and oxygen atoms in total. The number of Topliss-reactive ketones (excluding diaryl/α,β-unsaturated/α-hetero) is 2. The molecular formula is C27H28ClN5O5. The Morgan fingerprint density at radius 1 is 1.29 bits per heavy atom. The lowest BCUT2D eigenvalue weighted by atomic mass is 9.57. The number of carbonyl (C=O) groups is 2. The van der Waals surface area contributed by atoms with Crippen LogP contribution in [0.25, 0.3) is 0 Å². The molecule has 1 saturated carbocycles. The predicted molar refractivity (Wildman–Crippen MR) is 137 cm³/mol. The number of ether oxygens (including phenoxy) is 1. The monoisotopic (exact) mass is 537 g/mol. The number of rotatable bonds is 6. The molecule has 1 aromatic heterocycles. The van der Waals surface area contributed by atoms with E-state index in [-0.39, 0.29) is 39.9 Å². The Balaban J connectivity index is 1.46. The van der Waals surface area contributed by atoms with E-state index in [4.69, 9.17) is 16.3 Å².